The maximum atomic E-state index is 3.64. The third-order valence-electron chi connectivity index (χ3n) is 4.07. The Bertz CT molecular complexity index is 336. The van der Waals surface area contributed by atoms with Crippen LogP contribution in [0.2, 0.25) is 0 Å². The standard InChI is InChI=1S/C15H26N2S/c1-12-6-7-13(2)17(11-12)9-8-16-14(3)15-5-4-10-18-15/h4-5,10,12-14,16H,6-9,11H2,1-3H3. The minimum atomic E-state index is 0.488. The van der Waals surface area contributed by atoms with E-state index in [0.717, 1.165) is 18.5 Å². The summed E-state index contributed by atoms with van der Waals surface area (Å²) in [4.78, 5) is 4.08. The SMILES string of the molecule is CC1CCC(C)N(CCNC(C)c2cccs2)C1. The van der Waals surface area contributed by atoms with E-state index in [1.54, 1.807) is 0 Å². The quantitative estimate of drug-likeness (QED) is 0.877. The van der Waals surface area contributed by atoms with E-state index in [1.807, 2.05) is 11.3 Å². The second kappa shape index (κ2) is 6.69. The molecule has 1 saturated heterocycles. The van der Waals surface area contributed by atoms with Crippen molar-refractivity contribution in [1.82, 2.24) is 10.2 Å². The molecular formula is C15H26N2S. The first kappa shape index (κ1) is 14.0. The molecule has 2 heterocycles. The zero-order chi connectivity index (χ0) is 13.0. The minimum absolute atomic E-state index is 0.488. The van der Waals surface area contributed by atoms with Crippen LogP contribution < -0.4 is 5.32 Å². The first-order valence-electron chi connectivity index (χ1n) is 7.17. The summed E-state index contributed by atoms with van der Waals surface area (Å²) in [7, 11) is 0. The van der Waals surface area contributed by atoms with Crippen molar-refractivity contribution in [2.24, 2.45) is 5.92 Å². The van der Waals surface area contributed by atoms with Crippen molar-refractivity contribution in [3.05, 3.63) is 22.4 Å². The fraction of sp³-hybridized carbons (Fsp3) is 0.733. The Morgan fingerprint density at radius 3 is 3.00 bits per heavy atom. The van der Waals surface area contributed by atoms with E-state index in [-0.39, 0.29) is 0 Å². The van der Waals surface area contributed by atoms with E-state index < -0.39 is 0 Å². The third kappa shape index (κ3) is 3.81. The molecule has 0 saturated carbocycles. The summed E-state index contributed by atoms with van der Waals surface area (Å²) in [6.07, 6.45) is 2.76. The largest absolute Gasteiger partial charge is 0.308 e. The summed E-state index contributed by atoms with van der Waals surface area (Å²) in [6, 6.07) is 5.60. The third-order valence-corrected chi connectivity index (χ3v) is 5.12. The van der Waals surface area contributed by atoms with Crippen LogP contribution in [0.1, 0.15) is 44.5 Å². The van der Waals surface area contributed by atoms with Gasteiger partial charge in [-0.25, -0.2) is 0 Å². The summed E-state index contributed by atoms with van der Waals surface area (Å²) in [6.45, 7) is 10.6. The normalized spacial score (nSPS) is 27.3. The van der Waals surface area contributed by atoms with Gasteiger partial charge in [0.1, 0.15) is 0 Å². The van der Waals surface area contributed by atoms with Gasteiger partial charge in [0, 0.05) is 36.6 Å². The van der Waals surface area contributed by atoms with E-state index in [4.69, 9.17) is 0 Å². The molecule has 2 nitrogen and oxygen atoms in total. The molecule has 0 aliphatic carbocycles. The monoisotopic (exact) mass is 266 g/mol. The first-order valence-corrected chi connectivity index (χ1v) is 8.05. The molecule has 1 aromatic rings. The van der Waals surface area contributed by atoms with Crippen LogP contribution in [0.5, 0.6) is 0 Å². The average molecular weight is 266 g/mol. The Balaban J connectivity index is 1.71. The Kier molecular flexibility index (Phi) is 5.22. The van der Waals surface area contributed by atoms with Crippen LogP contribution in [-0.4, -0.2) is 30.6 Å². The van der Waals surface area contributed by atoms with Gasteiger partial charge in [-0.15, -0.1) is 11.3 Å². The van der Waals surface area contributed by atoms with E-state index in [2.05, 4.69) is 48.5 Å². The summed E-state index contributed by atoms with van der Waals surface area (Å²) < 4.78 is 0. The van der Waals surface area contributed by atoms with Gasteiger partial charge in [-0.2, -0.15) is 0 Å². The van der Waals surface area contributed by atoms with Gasteiger partial charge in [0.05, 0.1) is 0 Å². The lowest BCUT2D eigenvalue weighted by molar-refractivity contribution is 0.125. The van der Waals surface area contributed by atoms with Gasteiger partial charge in [0.2, 0.25) is 0 Å². The number of nitrogens with zero attached hydrogens (tertiary/aromatic N) is 1. The van der Waals surface area contributed by atoms with E-state index in [1.165, 1.54) is 30.8 Å². The summed E-state index contributed by atoms with van der Waals surface area (Å²) >= 11 is 1.84. The molecule has 1 aliphatic rings. The predicted molar refractivity (Wildman–Crippen MR) is 80.2 cm³/mol. The highest BCUT2D eigenvalue weighted by Crippen LogP contribution is 2.21. The molecule has 1 N–H and O–H groups in total. The van der Waals surface area contributed by atoms with Crippen LogP contribution >= 0.6 is 11.3 Å². The van der Waals surface area contributed by atoms with Gasteiger partial charge in [-0.1, -0.05) is 13.0 Å². The Morgan fingerprint density at radius 2 is 2.28 bits per heavy atom. The molecule has 0 aromatic carbocycles. The van der Waals surface area contributed by atoms with Crippen LogP contribution in [0, 0.1) is 5.92 Å². The van der Waals surface area contributed by atoms with E-state index in [0.29, 0.717) is 6.04 Å². The lowest BCUT2D eigenvalue weighted by Crippen LogP contribution is -2.44. The van der Waals surface area contributed by atoms with E-state index >= 15 is 0 Å². The van der Waals surface area contributed by atoms with E-state index in [9.17, 15) is 0 Å². The van der Waals surface area contributed by atoms with Crippen molar-refractivity contribution < 1.29 is 0 Å². The Labute approximate surface area is 115 Å². The lowest BCUT2D eigenvalue weighted by Gasteiger charge is -2.37. The second-order valence-corrected chi connectivity index (χ2v) is 6.70. The van der Waals surface area contributed by atoms with Gasteiger partial charge in [-0.3, -0.25) is 4.90 Å². The number of likely N-dealkylation sites (tertiary alicyclic amines) is 1. The zero-order valence-electron chi connectivity index (χ0n) is 11.9. The fourth-order valence-electron chi connectivity index (χ4n) is 2.75. The molecule has 1 fully saturated rings. The highest BCUT2D eigenvalue weighted by atomic mass is 32.1. The molecule has 18 heavy (non-hydrogen) atoms. The maximum absolute atomic E-state index is 3.64. The van der Waals surface area contributed by atoms with Crippen molar-refractivity contribution in [2.45, 2.75) is 45.7 Å². The van der Waals surface area contributed by atoms with Crippen molar-refractivity contribution in [3.8, 4) is 0 Å². The predicted octanol–water partition coefficient (Wildman–Crippen LogP) is 3.52. The van der Waals surface area contributed by atoms with Gasteiger partial charge >= 0.3 is 0 Å². The van der Waals surface area contributed by atoms with Gasteiger partial charge in [-0.05, 0) is 44.1 Å². The number of hydrogen-bond acceptors (Lipinski definition) is 3. The highest BCUT2D eigenvalue weighted by molar-refractivity contribution is 7.10. The van der Waals surface area contributed by atoms with Gasteiger partial charge in [0.15, 0.2) is 0 Å². The van der Waals surface area contributed by atoms with Crippen molar-refractivity contribution in [3.63, 3.8) is 0 Å². The maximum Gasteiger partial charge on any atom is 0.0386 e. The highest BCUT2D eigenvalue weighted by Gasteiger charge is 2.22. The molecule has 1 aliphatic heterocycles. The summed E-state index contributed by atoms with van der Waals surface area (Å²) in [5, 5.41) is 5.79. The van der Waals surface area contributed by atoms with Crippen LogP contribution in [0.4, 0.5) is 0 Å². The van der Waals surface area contributed by atoms with Gasteiger partial charge in [0.25, 0.3) is 0 Å². The number of thiophene rings is 1. The summed E-state index contributed by atoms with van der Waals surface area (Å²) in [5.41, 5.74) is 0. The molecule has 1 aromatic heterocycles. The Morgan fingerprint density at radius 1 is 1.44 bits per heavy atom. The first-order chi connectivity index (χ1) is 8.66. The van der Waals surface area contributed by atoms with Crippen molar-refractivity contribution in [2.75, 3.05) is 19.6 Å². The average Bonchev–Trinajstić information content (AvgIpc) is 2.87. The number of nitrogens with one attached hydrogen (secondary N) is 1. The topological polar surface area (TPSA) is 15.3 Å². The molecule has 3 unspecified atom stereocenters. The fourth-order valence-corrected chi connectivity index (χ4v) is 3.51. The molecule has 3 heteroatoms. The molecule has 0 spiro atoms. The molecule has 0 amide bonds. The lowest BCUT2D eigenvalue weighted by atomic mass is 9.95. The molecule has 0 bridgehead atoms. The van der Waals surface area contributed by atoms with Gasteiger partial charge < -0.3 is 5.32 Å². The van der Waals surface area contributed by atoms with Crippen LogP contribution in [0.15, 0.2) is 17.5 Å². The molecule has 2 rings (SSSR count). The molecule has 102 valence electrons. The minimum Gasteiger partial charge on any atom is -0.308 e. The second-order valence-electron chi connectivity index (χ2n) is 5.72. The molecular weight excluding hydrogens is 240 g/mol. The van der Waals surface area contributed by atoms with Crippen molar-refractivity contribution >= 4 is 11.3 Å². The molecule has 3 atom stereocenters. The van der Waals surface area contributed by atoms with Crippen LogP contribution in [0.25, 0.3) is 0 Å². The van der Waals surface area contributed by atoms with Crippen molar-refractivity contribution in [1.29, 1.82) is 0 Å². The zero-order valence-corrected chi connectivity index (χ0v) is 12.7. The Hall–Kier alpha value is -0.380. The van der Waals surface area contributed by atoms with Crippen LogP contribution in [0.3, 0.4) is 0 Å². The smallest absolute Gasteiger partial charge is 0.0386 e. The van der Waals surface area contributed by atoms with Crippen LogP contribution in [-0.2, 0) is 0 Å². The number of piperidine rings is 1. The summed E-state index contributed by atoms with van der Waals surface area (Å²) in [5.74, 6) is 0.871. The number of hydrogen-bond donors (Lipinski definition) is 1. The molecule has 0 radical (unpaired) electrons. The number of rotatable bonds is 5.